The van der Waals surface area contributed by atoms with Crippen molar-refractivity contribution in [3.05, 3.63) is 35.4 Å². The Balaban J connectivity index is 2.15. The minimum atomic E-state index is 0.0406. The van der Waals surface area contributed by atoms with Crippen molar-refractivity contribution in [2.45, 2.75) is 13.0 Å². The molecular weight excluding hydrogens is 262 g/mol. The number of benzene rings is 1. The monoisotopic (exact) mass is 279 g/mol. The SMILES string of the molecule is CC1CSCCN1C(=O)c1ccc(C(N)=NO)cc1. The molecule has 6 heteroatoms. The Morgan fingerprint density at radius 3 is 2.63 bits per heavy atom. The van der Waals surface area contributed by atoms with E-state index >= 15 is 0 Å². The maximum absolute atomic E-state index is 12.4. The van der Waals surface area contributed by atoms with E-state index in [0.717, 1.165) is 18.1 Å². The first kappa shape index (κ1) is 13.7. The summed E-state index contributed by atoms with van der Waals surface area (Å²) in [7, 11) is 0. The minimum absolute atomic E-state index is 0.0406. The molecule has 1 aromatic rings. The molecule has 0 spiro atoms. The van der Waals surface area contributed by atoms with Crippen molar-refractivity contribution < 1.29 is 10.0 Å². The molecule has 1 aliphatic heterocycles. The topological polar surface area (TPSA) is 78.9 Å². The fourth-order valence-corrected chi connectivity index (χ4v) is 3.05. The number of hydrogen-bond donors (Lipinski definition) is 2. The molecule has 1 saturated heterocycles. The fraction of sp³-hybridized carbons (Fsp3) is 0.385. The summed E-state index contributed by atoms with van der Waals surface area (Å²) < 4.78 is 0. The number of carbonyl (C=O) groups is 1. The number of nitrogens with zero attached hydrogens (tertiary/aromatic N) is 2. The zero-order chi connectivity index (χ0) is 13.8. The van der Waals surface area contributed by atoms with Gasteiger partial charge in [-0.15, -0.1) is 0 Å². The number of hydrogen-bond acceptors (Lipinski definition) is 4. The molecule has 2 rings (SSSR count). The van der Waals surface area contributed by atoms with Crippen LogP contribution in [0.2, 0.25) is 0 Å². The summed E-state index contributed by atoms with van der Waals surface area (Å²) in [5.74, 6) is 2.05. The molecule has 0 saturated carbocycles. The van der Waals surface area contributed by atoms with Crippen molar-refractivity contribution in [1.82, 2.24) is 4.90 Å². The molecule has 1 atom stereocenters. The molecule has 0 aromatic heterocycles. The van der Waals surface area contributed by atoms with E-state index in [1.165, 1.54) is 0 Å². The van der Waals surface area contributed by atoms with E-state index in [9.17, 15) is 4.79 Å². The summed E-state index contributed by atoms with van der Waals surface area (Å²) in [6, 6.07) is 7.06. The average Bonchev–Trinajstić information content (AvgIpc) is 2.46. The molecule has 1 unspecified atom stereocenters. The van der Waals surface area contributed by atoms with Crippen molar-refractivity contribution in [3.63, 3.8) is 0 Å². The second-order valence-electron chi connectivity index (χ2n) is 4.49. The molecular formula is C13H17N3O2S. The number of amidine groups is 1. The van der Waals surface area contributed by atoms with Gasteiger partial charge in [-0.1, -0.05) is 17.3 Å². The second-order valence-corrected chi connectivity index (χ2v) is 5.63. The maximum Gasteiger partial charge on any atom is 0.254 e. The van der Waals surface area contributed by atoms with Crippen LogP contribution in [0.15, 0.2) is 29.4 Å². The molecule has 1 aliphatic rings. The summed E-state index contributed by atoms with van der Waals surface area (Å²) in [5, 5.41) is 11.5. The first-order chi connectivity index (χ1) is 9.13. The van der Waals surface area contributed by atoms with Crippen LogP contribution in [0, 0.1) is 0 Å². The van der Waals surface area contributed by atoms with Crippen molar-refractivity contribution >= 4 is 23.5 Å². The Kier molecular flexibility index (Phi) is 4.31. The summed E-state index contributed by atoms with van der Waals surface area (Å²) in [5.41, 5.74) is 6.72. The lowest BCUT2D eigenvalue weighted by molar-refractivity contribution is 0.0716. The minimum Gasteiger partial charge on any atom is -0.409 e. The largest absolute Gasteiger partial charge is 0.409 e. The van der Waals surface area contributed by atoms with Gasteiger partial charge in [-0.2, -0.15) is 11.8 Å². The van der Waals surface area contributed by atoms with Gasteiger partial charge in [0, 0.05) is 35.2 Å². The van der Waals surface area contributed by atoms with Gasteiger partial charge in [0.2, 0.25) is 0 Å². The molecule has 3 N–H and O–H groups in total. The highest BCUT2D eigenvalue weighted by Gasteiger charge is 2.24. The molecule has 1 amide bonds. The number of oxime groups is 1. The molecule has 1 fully saturated rings. The smallest absolute Gasteiger partial charge is 0.254 e. The normalized spacial score (nSPS) is 20.4. The quantitative estimate of drug-likeness (QED) is 0.371. The number of rotatable bonds is 2. The van der Waals surface area contributed by atoms with E-state index in [2.05, 4.69) is 12.1 Å². The van der Waals surface area contributed by atoms with E-state index in [-0.39, 0.29) is 17.8 Å². The predicted molar refractivity (Wildman–Crippen MR) is 76.8 cm³/mol. The van der Waals surface area contributed by atoms with E-state index in [1.54, 1.807) is 24.3 Å². The Bertz CT molecular complexity index is 487. The number of carbonyl (C=O) groups excluding carboxylic acids is 1. The van der Waals surface area contributed by atoms with Gasteiger partial charge in [0.25, 0.3) is 5.91 Å². The lowest BCUT2D eigenvalue weighted by Gasteiger charge is -2.33. The Hall–Kier alpha value is -1.69. The van der Waals surface area contributed by atoms with Crippen LogP contribution in [0.5, 0.6) is 0 Å². The summed E-state index contributed by atoms with van der Waals surface area (Å²) in [6.45, 7) is 2.85. The summed E-state index contributed by atoms with van der Waals surface area (Å²) in [4.78, 5) is 14.3. The molecule has 19 heavy (non-hydrogen) atoms. The average molecular weight is 279 g/mol. The van der Waals surface area contributed by atoms with Gasteiger partial charge >= 0.3 is 0 Å². The van der Waals surface area contributed by atoms with Crippen molar-refractivity contribution in [1.29, 1.82) is 0 Å². The molecule has 0 bridgehead atoms. The van der Waals surface area contributed by atoms with Crippen LogP contribution >= 0.6 is 11.8 Å². The first-order valence-corrected chi connectivity index (χ1v) is 7.25. The maximum atomic E-state index is 12.4. The molecule has 5 nitrogen and oxygen atoms in total. The molecule has 1 aromatic carbocycles. The number of thioether (sulfide) groups is 1. The van der Waals surface area contributed by atoms with E-state index < -0.39 is 0 Å². The fourth-order valence-electron chi connectivity index (χ4n) is 2.04. The molecule has 0 radical (unpaired) electrons. The van der Waals surface area contributed by atoms with Crippen LogP contribution in [0.1, 0.15) is 22.8 Å². The second kappa shape index (κ2) is 5.97. The van der Waals surface area contributed by atoms with Gasteiger partial charge in [0.15, 0.2) is 5.84 Å². The summed E-state index contributed by atoms with van der Waals surface area (Å²) in [6.07, 6.45) is 0. The van der Waals surface area contributed by atoms with Gasteiger partial charge in [-0.3, -0.25) is 4.79 Å². The van der Waals surface area contributed by atoms with Gasteiger partial charge in [-0.25, -0.2) is 0 Å². The first-order valence-electron chi connectivity index (χ1n) is 6.10. The van der Waals surface area contributed by atoms with Gasteiger partial charge in [-0.05, 0) is 19.1 Å². The molecule has 1 heterocycles. The Morgan fingerprint density at radius 1 is 1.42 bits per heavy atom. The van der Waals surface area contributed by atoms with Crippen LogP contribution in [0.25, 0.3) is 0 Å². The molecule has 102 valence electrons. The van der Waals surface area contributed by atoms with Crippen LogP contribution in [0.4, 0.5) is 0 Å². The Labute approximate surface area is 116 Å². The van der Waals surface area contributed by atoms with Gasteiger partial charge < -0.3 is 15.8 Å². The van der Waals surface area contributed by atoms with E-state index in [4.69, 9.17) is 10.9 Å². The van der Waals surface area contributed by atoms with Crippen LogP contribution in [-0.4, -0.2) is 45.9 Å². The third kappa shape index (κ3) is 3.01. The zero-order valence-electron chi connectivity index (χ0n) is 10.7. The van der Waals surface area contributed by atoms with Gasteiger partial charge in [0.05, 0.1) is 0 Å². The highest BCUT2D eigenvalue weighted by molar-refractivity contribution is 7.99. The van der Waals surface area contributed by atoms with Gasteiger partial charge in [0.1, 0.15) is 0 Å². The highest BCUT2D eigenvalue weighted by atomic mass is 32.2. The zero-order valence-corrected chi connectivity index (χ0v) is 11.6. The standard InChI is InChI=1S/C13H17N3O2S/c1-9-8-19-7-6-16(9)13(17)11-4-2-10(3-5-11)12(14)15-18/h2-5,9,18H,6-8H2,1H3,(H2,14,15). The van der Waals surface area contributed by atoms with Crippen LogP contribution in [-0.2, 0) is 0 Å². The third-order valence-electron chi connectivity index (χ3n) is 3.16. The van der Waals surface area contributed by atoms with Crippen molar-refractivity contribution in [2.24, 2.45) is 10.9 Å². The van der Waals surface area contributed by atoms with Crippen molar-refractivity contribution in [3.8, 4) is 0 Å². The van der Waals surface area contributed by atoms with Crippen LogP contribution in [0.3, 0.4) is 0 Å². The van der Waals surface area contributed by atoms with Crippen LogP contribution < -0.4 is 5.73 Å². The highest BCUT2D eigenvalue weighted by Crippen LogP contribution is 2.18. The third-order valence-corrected chi connectivity index (χ3v) is 4.35. The van der Waals surface area contributed by atoms with E-state index in [0.29, 0.717) is 11.1 Å². The lowest BCUT2D eigenvalue weighted by atomic mass is 10.1. The summed E-state index contributed by atoms with van der Waals surface area (Å²) >= 11 is 1.87. The number of amides is 1. The van der Waals surface area contributed by atoms with E-state index in [1.807, 2.05) is 16.7 Å². The molecule has 0 aliphatic carbocycles. The lowest BCUT2D eigenvalue weighted by Crippen LogP contribution is -2.44. The number of nitrogens with two attached hydrogens (primary N) is 1. The predicted octanol–water partition coefficient (Wildman–Crippen LogP) is 1.36. The Morgan fingerprint density at radius 2 is 2.05 bits per heavy atom. The van der Waals surface area contributed by atoms with Crippen molar-refractivity contribution in [2.75, 3.05) is 18.1 Å².